The van der Waals surface area contributed by atoms with Crippen LogP contribution in [0.15, 0.2) is 0 Å². The number of anilines is 1. The first-order valence-corrected chi connectivity index (χ1v) is 7.32. The summed E-state index contributed by atoms with van der Waals surface area (Å²) in [6, 6.07) is -0.0378. The van der Waals surface area contributed by atoms with Gasteiger partial charge in [-0.25, -0.2) is 4.98 Å². The lowest BCUT2D eigenvalue weighted by molar-refractivity contribution is -0.125. The average molecular weight is 267 g/mol. The summed E-state index contributed by atoms with van der Waals surface area (Å²) in [6.45, 7) is 6.07. The van der Waals surface area contributed by atoms with Gasteiger partial charge in [-0.3, -0.25) is 4.79 Å². The lowest BCUT2D eigenvalue weighted by Gasteiger charge is -2.26. The number of nitrogens with one attached hydrogen (secondary N) is 1. The fourth-order valence-corrected chi connectivity index (χ4v) is 3.42. The first-order valence-electron chi connectivity index (χ1n) is 6.50. The summed E-state index contributed by atoms with van der Waals surface area (Å²) in [5, 5.41) is 3.64. The van der Waals surface area contributed by atoms with Gasteiger partial charge in [0.05, 0.1) is 11.1 Å². The Bertz CT molecular complexity index is 457. The van der Waals surface area contributed by atoms with Crippen LogP contribution in [-0.4, -0.2) is 16.9 Å². The molecule has 0 aliphatic heterocycles. The van der Waals surface area contributed by atoms with Gasteiger partial charge < -0.3 is 11.1 Å². The summed E-state index contributed by atoms with van der Waals surface area (Å²) < 4.78 is 0. The van der Waals surface area contributed by atoms with Gasteiger partial charge in [-0.2, -0.15) is 0 Å². The van der Waals surface area contributed by atoms with Gasteiger partial charge in [0.1, 0.15) is 0 Å². The highest BCUT2D eigenvalue weighted by Gasteiger charge is 2.43. The fraction of sp³-hybridized carbons (Fsp3) is 0.692. The van der Waals surface area contributed by atoms with Crippen LogP contribution in [0.1, 0.15) is 43.7 Å². The van der Waals surface area contributed by atoms with Crippen LogP contribution >= 0.6 is 11.3 Å². The maximum Gasteiger partial charge on any atom is 0.233 e. The lowest BCUT2D eigenvalue weighted by atomic mass is 9.84. The van der Waals surface area contributed by atoms with Crippen LogP contribution in [-0.2, 0) is 11.2 Å². The minimum absolute atomic E-state index is 0.0175. The van der Waals surface area contributed by atoms with E-state index in [4.69, 9.17) is 5.73 Å². The SMILES string of the molecule is CCc1nc(NC(=O)C2(C)CCCC2N)sc1C. The minimum Gasteiger partial charge on any atom is -0.327 e. The Balaban J connectivity index is 2.11. The Morgan fingerprint density at radius 2 is 2.39 bits per heavy atom. The van der Waals surface area contributed by atoms with Crippen LogP contribution < -0.4 is 11.1 Å². The van der Waals surface area contributed by atoms with Crippen LogP contribution in [0.4, 0.5) is 5.13 Å². The molecule has 3 N–H and O–H groups in total. The minimum atomic E-state index is -0.439. The molecule has 0 bridgehead atoms. The number of carbonyl (C=O) groups is 1. The van der Waals surface area contributed by atoms with Crippen molar-refractivity contribution < 1.29 is 4.79 Å². The lowest BCUT2D eigenvalue weighted by Crippen LogP contribution is -2.44. The highest BCUT2D eigenvalue weighted by atomic mass is 32.1. The molecular weight excluding hydrogens is 246 g/mol. The number of nitrogens with two attached hydrogens (primary N) is 1. The van der Waals surface area contributed by atoms with Gasteiger partial charge in [-0.1, -0.05) is 13.3 Å². The molecule has 1 fully saturated rings. The number of amides is 1. The van der Waals surface area contributed by atoms with E-state index in [1.165, 1.54) is 4.88 Å². The van der Waals surface area contributed by atoms with Crippen molar-refractivity contribution >= 4 is 22.4 Å². The highest BCUT2D eigenvalue weighted by molar-refractivity contribution is 7.15. The Morgan fingerprint density at radius 3 is 2.89 bits per heavy atom. The molecule has 1 aromatic rings. The molecular formula is C13H21N3OS. The molecule has 100 valence electrons. The van der Waals surface area contributed by atoms with Crippen molar-refractivity contribution in [3.8, 4) is 0 Å². The predicted octanol–water partition coefficient (Wildman–Crippen LogP) is 2.47. The van der Waals surface area contributed by atoms with Gasteiger partial charge in [0, 0.05) is 10.9 Å². The van der Waals surface area contributed by atoms with Gasteiger partial charge in [0.2, 0.25) is 5.91 Å². The van der Waals surface area contributed by atoms with Crippen molar-refractivity contribution in [2.24, 2.45) is 11.1 Å². The Kier molecular flexibility index (Phi) is 3.73. The maximum atomic E-state index is 12.3. The van der Waals surface area contributed by atoms with Crippen molar-refractivity contribution in [2.75, 3.05) is 5.32 Å². The van der Waals surface area contributed by atoms with Crippen LogP contribution in [0.5, 0.6) is 0 Å². The molecule has 0 spiro atoms. The number of rotatable bonds is 3. The second-order valence-electron chi connectivity index (χ2n) is 5.25. The van der Waals surface area contributed by atoms with Crippen LogP contribution in [0.25, 0.3) is 0 Å². The standard InChI is InChI=1S/C13H21N3OS/c1-4-9-8(2)18-12(15-9)16-11(17)13(3)7-5-6-10(13)14/h10H,4-7,14H2,1-3H3,(H,15,16,17). The van der Waals surface area contributed by atoms with Crippen molar-refractivity contribution in [1.29, 1.82) is 0 Å². The monoisotopic (exact) mass is 267 g/mol. The molecule has 2 unspecified atom stereocenters. The molecule has 1 aliphatic rings. The molecule has 18 heavy (non-hydrogen) atoms. The van der Waals surface area contributed by atoms with Crippen molar-refractivity contribution in [3.63, 3.8) is 0 Å². The maximum absolute atomic E-state index is 12.3. The molecule has 4 nitrogen and oxygen atoms in total. The van der Waals surface area contributed by atoms with Crippen molar-refractivity contribution in [1.82, 2.24) is 4.98 Å². The van der Waals surface area contributed by atoms with Gasteiger partial charge in [-0.15, -0.1) is 11.3 Å². The molecule has 2 atom stereocenters. The van der Waals surface area contributed by atoms with E-state index in [1.54, 1.807) is 11.3 Å². The summed E-state index contributed by atoms with van der Waals surface area (Å²) in [4.78, 5) is 17.9. The van der Waals surface area contributed by atoms with Gasteiger partial charge in [-0.05, 0) is 33.1 Å². The molecule has 0 saturated heterocycles. The second-order valence-corrected chi connectivity index (χ2v) is 6.45. The zero-order valence-corrected chi connectivity index (χ0v) is 12.1. The molecule has 0 radical (unpaired) electrons. The van der Waals surface area contributed by atoms with E-state index < -0.39 is 5.41 Å². The second kappa shape index (κ2) is 4.97. The fourth-order valence-electron chi connectivity index (χ4n) is 2.52. The summed E-state index contributed by atoms with van der Waals surface area (Å²) in [7, 11) is 0. The van der Waals surface area contributed by atoms with Crippen LogP contribution in [0.2, 0.25) is 0 Å². The molecule has 1 aliphatic carbocycles. The van der Waals surface area contributed by atoms with Crippen LogP contribution in [0, 0.1) is 12.3 Å². The topological polar surface area (TPSA) is 68.0 Å². The smallest absolute Gasteiger partial charge is 0.233 e. The average Bonchev–Trinajstić information content (AvgIpc) is 2.84. The molecule has 1 amide bonds. The molecule has 5 heteroatoms. The van der Waals surface area contributed by atoms with Gasteiger partial charge in [0.25, 0.3) is 0 Å². The van der Waals surface area contributed by atoms with E-state index in [9.17, 15) is 4.79 Å². The largest absolute Gasteiger partial charge is 0.327 e. The van der Waals surface area contributed by atoms with E-state index in [0.29, 0.717) is 5.13 Å². The summed E-state index contributed by atoms with van der Waals surface area (Å²) >= 11 is 1.54. The number of aromatic nitrogens is 1. The number of aryl methyl sites for hydroxylation is 2. The third-order valence-corrected chi connectivity index (χ3v) is 4.92. The Morgan fingerprint density at radius 1 is 1.67 bits per heavy atom. The van der Waals surface area contributed by atoms with E-state index >= 15 is 0 Å². The molecule has 1 heterocycles. The number of carbonyl (C=O) groups excluding carboxylic acids is 1. The normalized spacial score (nSPS) is 27.4. The number of hydrogen-bond acceptors (Lipinski definition) is 4. The Hall–Kier alpha value is -0.940. The first-order chi connectivity index (χ1) is 8.47. The van der Waals surface area contributed by atoms with Crippen molar-refractivity contribution in [3.05, 3.63) is 10.6 Å². The van der Waals surface area contributed by atoms with E-state index in [2.05, 4.69) is 17.2 Å². The zero-order valence-electron chi connectivity index (χ0n) is 11.2. The van der Waals surface area contributed by atoms with Gasteiger partial charge >= 0.3 is 0 Å². The highest BCUT2D eigenvalue weighted by Crippen LogP contribution is 2.38. The first kappa shape index (κ1) is 13.5. The van der Waals surface area contributed by atoms with Crippen molar-refractivity contribution in [2.45, 2.75) is 52.5 Å². The van der Waals surface area contributed by atoms with Crippen LogP contribution in [0.3, 0.4) is 0 Å². The van der Waals surface area contributed by atoms with E-state index in [1.807, 2.05) is 13.8 Å². The molecule has 0 aromatic carbocycles. The third-order valence-electron chi connectivity index (χ3n) is 4.00. The van der Waals surface area contributed by atoms with Gasteiger partial charge in [0.15, 0.2) is 5.13 Å². The summed E-state index contributed by atoms with van der Waals surface area (Å²) in [5.41, 5.74) is 6.68. The summed E-state index contributed by atoms with van der Waals surface area (Å²) in [5.74, 6) is 0.0175. The molecule has 1 aromatic heterocycles. The molecule has 1 saturated carbocycles. The van der Waals surface area contributed by atoms with E-state index in [-0.39, 0.29) is 11.9 Å². The predicted molar refractivity (Wildman–Crippen MR) is 74.8 cm³/mol. The number of hydrogen-bond donors (Lipinski definition) is 2. The summed E-state index contributed by atoms with van der Waals surface area (Å²) in [6.07, 6.45) is 3.73. The number of thiazole rings is 1. The number of nitrogens with zero attached hydrogens (tertiary/aromatic N) is 1. The quantitative estimate of drug-likeness (QED) is 0.884. The van der Waals surface area contributed by atoms with E-state index in [0.717, 1.165) is 31.4 Å². The Labute approximate surface area is 112 Å². The molecule has 2 rings (SSSR count). The third kappa shape index (κ3) is 2.29. The zero-order chi connectivity index (χ0) is 13.3.